The number of morpholine rings is 1. The first kappa shape index (κ1) is 15.4. The van der Waals surface area contributed by atoms with Crippen molar-refractivity contribution in [2.75, 3.05) is 36.5 Å². The molecule has 1 aliphatic rings. The van der Waals surface area contributed by atoms with Crippen LogP contribution in [0, 0.1) is 0 Å². The van der Waals surface area contributed by atoms with Crippen molar-refractivity contribution < 1.29 is 9.53 Å². The van der Waals surface area contributed by atoms with E-state index in [1.807, 2.05) is 19.1 Å². The number of anilines is 2. The van der Waals surface area contributed by atoms with Crippen LogP contribution in [0.2, 0.25) is 0 Å². The molecule has 1 aromatic carbocycles. The maximum atomic E-state index is 12.3. The highest BCUT2D eigenvalue weighted by Gasteiger charge is 2.17. The maximum absolute atomic E-state index is 12.3. The van der Waals surface area contributed by atoms with E-state index in [1.54, 1.807) is 18.5 Å². The normalized spacial score (nSPS) is 16.0. The van der Waals surface area contributed by atoms with Gasteiger partial charge in [0, 0.05) is 31.2 Å². The molecule has 2 aromatic rings. The lowest BCUT2D eigenvalue weighted by atomic mass is 10.00. The van der Waals surface area contributed by atoms with Gasteiger partial charge < -0.3 is 9.64 Å². The van der Waals surface area contributed by atoms with Crippen molar-refractivity contribution in [2.45, 2.75) is 12.8 Å². The summed E-state index contributed by atoms with van der Waals surface area (Å²) in [4.78, 5) is 22.6. The van der Waals surface area contributed by atoms with Crippen LogP contribution in [0.15, 0.2) is 42.7 Å². The summed E-state index contributed by atoms with van der Waals surface area (Å²) in [7, 11) is 0. The van der Waals surface area contributed by atoms with Crippen molar-refractivity contribution >= 4 is 17.5 Å². The van der Waals surface area contributed by atoms with E-state index in [4.69, 9.17) is 4.74 Å². The van der Waals surface area contributed by atoms with Gasteiger partial charge in [0.1, 0.15) is 0 Å². The standard InChI is InChI=1S/C17H20N4O2/c1-13(16(22)20-17-18-7-2-8-19-17)14-3-5-15(6-4-14)21-9-11-23-12-10-21/h2-8,13H,9-12H2,1H3,(H,18,19,20,22)/t13-/m1/s1. The number of benzene rings is 1. The Labute approximate surface area is 135 Å². The molecule has 1 N–H and O–H groups in total. The average Bonchev–Trinajstić information content (AvgIpc) is 2.63. The number of carbonyl (C=O) groups is 1. The van der Waals surface area contributed by atoms with Gasteiger partial charge in [0.15, 0.2) is 0 Å². The van der Waals surface area contributed by atoms with Crippen molar-refractivity contribution in [3.8, 4) is 0 Å². The summed E-state index contributed by atoms with van der Waals surface area (Å²) in [6.07, 6.45) is 3.20. The molecule has 6 heteroatoms. The largest absolute Gasteiger partial charge is 0.378 e. The summed E-state index contributed by atoms with van der Waals surface area (Å²) < 4.78 is 5.36. The predicted octanol–water partition coefficient (Wildman–Crippen LogP) is 2.06. The molecule has 1 amide bonds. The number of hydrogen-bond donors (Lipinski definition) is 1. The highest BCUT2D eigenvalue weighted by Crippen LogP contribution is 2.22. The molecule has 0 bridgehead atoms. The monoisotopic (exact) mass is 312 g/mol. The summed E-state index contributed by atoms with van der Waals surface area (Å²) in [5.41, 5.74) is 2.13. The third-order valence-electron chi connectivity index (χ3n) is 3.96. The molecule has 0 radical (unpaired) electrons. The fourth-order valence-corrected chi connectivity index (χ4v) is 2.53. The minimum atomic E-state index is -0.266. The van der Waals surface area contributed by atoms with Gasteiger partial charge in [-0.1, -0.05) is 12.1 Å². The Balaban J connectivity index is 1.65. The minimum absolute atomic E-state index is 0.115. The van der Waals surface area contributed by atoms with Gasteiger partial charge in [0.2, 0.25) is 11.9 Å². The summed E-state index contributed by atoms with van der Waals surface area (Å²) in [6, 6.07) is 9.83. The number of rotatable bonds is 4. The lowest BCUT2D eigenvalue weighted by Gasteiger charge is -2.29. The van der Waals surface area contributed by atoms with Gasteiger partial charge in [-0.25, -0.2) is 9.97 Å². The van der Waals surface area contributed by atoms with E-state index >= 15 is 0 Å². The number of aromatic nitrogens is 2. The lowest BCUT2D eigenvalue weighted by Crippen LogP contribution is -2.36. The number of carbonyl (C=O) groups excluding carboxylic acids is 1. The zero-order chi connectivity index (χ0) is 16.1. The SMILES string of the molecule is C[C@@H](C(=O)Nc1ncccn1)c1ccc(N2CCOCC2)cc1. The molecule has 1 aromatic heterocycles. The van der Waals surface area contributed by atoms with E-state index in [2.05, 4.69) is 32.3 Å². The van der Waals surface area contributed by atoms with Crippen LogP contribution in [0.25, 0.3) is 0 Å². The molecule has 1 saturated heterocycles. The first-order valence-electron chi connectivity index (χ1n) is 7.74. The minimum Gasteiger partial charge on any atom is -0.378 e. The highest BCUT2D eigenvalue weighted by atomic mass is 16.5. The van der Waals surface area contributed by atoms with Gasteiger partial charge in [0.25, 0.3) is 0 Å². The van der Waals surface area contributed by atoms with Crippen molar-refractivity contribution in [3.05, 3.63) is 48.3 Å². The highest BCUT2D eigenvalue weighted by molar-refractivity contribution is 5.94. The fourth-order valence-electron chi connectivity index (χ4n) is 2.53. The number of nitrogens with zero attached hydrogens (tertiary/aromatic N) is 3. The number of hydrogen-bond acceptors (Lipinski definition) is 5. The Morgan fingerprint density at radius 2 is 1.83 bits per heavy atom. The van der Waals surface area contributed by atoms with E-state index in [9.17, 15) is 4.79 Å². The Bertz CT molecular complexity index is 639. The van der Waals surface area contributed by atoms with E-state index in [-0.39, 0.29) is 11.8 Å². The Hall–Kier alpha value is -2.47. The third-order valence-corrected chi connectivity index (χ3v) is 3.96. The van der Waals surface area contributed by atoms with Gasteiger partial charge in [-0.3, -0.25) is 10.1 Å². The van der Waals surface area contributed by atoms with Gasteiger partial charge >= 0.3 is 0 Å². The molecule has 1 fully saturated rings. The molecular formula is C17H20N4O2. The zero-order valence-corrected chi connectivity index (χ0v) is 13.1. The molecule has 120 valence electrons. The van der Waals surface area contributed by atoms with Crippen LogP contribution in [0.3, 0.4) is 0 Å². The molecule has 0 unspecified atom stereocenters. The van der Waals surface area contributed by atoms with Gasteiger partial charge in [0.05, 0.1) is 19.1 Å². The Morgan fingerprint density at radius 3 is 2.48 bits per heavy atom. The van der Waals surface area contributed by atoms with Crippen molar-refractivity contribution in [1.29, 1.82) is 0 Å². The average molecular weight is 312 g/mol. The van der Waals surface area contributed by atoms with Crippen LogP contribution in [0.1, 0.15) is 18.4 Å². The zero-order valence-electron chi connectivity index (χ0n) is 13.1. The molecule has 2 heterocycles. The molecule has 3 rings (SSSR count). The van der Waals surface area contributed by atoms with E-state index in [1.165, 1.54) is 0 Å². The molecule has 1 aliphatic heterocycles. The Morgan fingerprint density at radius 1 is 1.17 bits per heavy atom. The van der Waals surface area contributed by atoms with Crippen molar-refractivity contribution in [2.24, 2.45) is 0 Å². The van der Waals surface area contributed by atoms with E-state index in [0.717, 1.165) is 37.6 Å². The molecule has 23 heavy (non-hydrogen) atoms. The summed E-state index contributed by atoms with van der Waals surface area (Å²) in [5.74, 6) is -0.0536. The van der Waals surface area contributed by atoms with E-state index < -0.39 is 0 Å². The second-order valence-corrected chi connectivity index (χ2v) is 5.47. The smallest absolute Gasteiger partial charge is 0.233 e. The van der Waals surface area contributed by atoms with Crippen molar-refractivity contribution in [1.82, 2.24) is 9.97 Å². The number of ether oxygens (including phenoxy) is 1. The molecule has 6 nitrogen and oxygen atoms in total. The molecule has 0 spiro atoms. The lowest BCUT2D eigenvalue weighted by molar-refractivity contribution is -0.117. The predicted molar refractivity (Wildman–Crippen MR) is 88.6 cm³/mol. The molecule has 1 atom stereocenters. The van der Waals surface area contributed by atoms with Crippen LogP contribution < -0.4 is 10.2 Å². The van der Waals surface area contributed by atoms with Gasteiger partial charge in [-0.05, 0) is 30.7 Å². The summed E-state index contributed by atoms with van der Waals surface area (Å²) in [5, 5.41) is 2.73. The van der Waals surface area contributed by atoms with Crippen molar-refractivity contribution in [3.63, 3.8) is 0 Å². The molecular weight excluding hydrogens is 292 g/mol. The van der Waals surface area contributed by atoms with E-state index in [0.29, 0.717) is 5.95 Å². The maximum Gasteiger partial charge on any atom is 0.233 e. The summed E-state index contributed by atoms with van der Waals surface area (Å²) in [6.45, 7) is 5.21. The second-order valence-electron chi connectivity index (χ2n) is 5.47. The molecule has 0 aliphatic carbocycles. The van der Waals surface area contributed by atoms with Crippen LogP contribution in [-0.4, -0.2) is 42.2 Å². The third kappa shape index (κ3) is 3.84. The number of amides is 1. The van der Waals surface area contributed by atoms with Crippen LogP contribution in [0.4, 0.5) is 11.6 Å². The van der Waals surface area contributed by atoms with Crippen LogP contribution >= 0.6 is 0 Å². The van der Waals surface area contributed by atoms with Gasteiger partial charge in [-0.15, -0.1) is 0 Å². The van der Waals surface area contributed by atoms with Crippen LogP contribution in [0.5, 0.6) is 0 Å². The first-order chi connectivity index (χ1) is 11.2. The first-order valence-corrected chi connectivity index (χ1v) is 7.74. The Kier molecular flexibility index (Phi) is 4.83. The second kappa shape index (κ2) is 7.19. The quantitative estimate of drug-likeness (QED) is 0.936. The topological polar surface area (TPSA) is 67.4 Å². The summed E-state index contributed by atoms with van der Waals surface area (Å²) >= 11 is 0. The fraction of sp³-hybridized carbons (Fsp3) is 0.353. The van der Waals surface area contributed by atoms with Crippen LogP contribution in [-0.2, 0) is 9.53 Å². The number of nitrogens with one attached hydrogen (secondary N) is 1. The van der Waals surface area contributed by atoms with Gasteiger partial charge in [-0.2, -0.15) is 0 Å². The molecule has 0 saturated carbocycles.